The molecule has 0 heterocycles. The average molecular weight is 368 g/mol. The van der Waals surface area contributed by atoms with Crippen LogP contribution in [0.2, 0.25) is 0 Å². The molecule has 6 heteroatoms. The number of benzene rings is 2. The summed E-state index contributed by atoms with van der Waals surface area (Å²) in [5, 5.41) is 16.7. The van der Waals surface area contributed by atoms with Crippen molar-refractivity contribution in [2.75, 3.05) is 0 Å². The molecule has 0 aliphatic rings. The van der Waals surface area contributed by atoms with Crippen molar-refractivity contribution in [3.63, 3.8) is 0 Å². The van der Waals surface area contributed by atoms with Crippen LogP contribution in [0.4, 0.5) is 0 Å². The smallest absolute Gasteiger partial charge is 0.265 e. The summed E-state index contributed by atoms with van der Waals surface area (Å²) < 4.78 is 3.67. The van der Waals surface area contributed by atoms with Gasteiger partial charge in [0.05, 0.1) is 11.6 Å². The Hall–Kier alpha value is -1.73. The minimum absolute atomic E-state index is 0.461. The molecule has 1 atom stereocenters. The normalized spacial score (nSPS) is 12.3. The first kappa shape index (κ1) is 17.6. The summed E-state index contributed by atoms with van der Waals surface area (Å²) in [4.78, 5) is 0. The van der Waals surface area contributed by atoms with Crippen molar-refractivity contribution in [3.8, 4) is 6.07 Å². The molecule has 0 fully saturated rings. The van der Waals surface area contributed by atoms with Gasteiger partial charge in [-0.2, -0.15) is 5.26 Å². The van der Waals surface area contributed by atoms with Gasteiger partial charge in [-0.25, -0.2) is 0 Å². The molecule has 118 valence electrons. The van der Waals surface area contributed by atoms with Crippen LogP contribution in [0.25, 0.3) is 0 Å². The van der Waals surface area contributed by atoms with Gasteiger partial charge in [0.25, 0.3) is 3.79 Å². The fraction of sp³-hybridized carbons (Fsp3) is 0.176. The van der Waals surface area contributed by atoms with E-state index in [9.17, 15) is 0 Å². The lowest BCUT2D eigenvalue weighted by Gasteiger charge is -2.23. The molecule has 0 aromatic heterocycles. The summed E-state index contributed by atoms with van der Waals surface area (Å²) in [6.45, 7) is 1.98. The van der Waals surface area contributed by atoms with Gasteiger partial charge in [0.1, 0.15) is 0 Å². The molecule has 0 radical (unpaired) electrons. The number of ether oxygens (including phenoxy) is 1. The molecule has 0 bridgehead atoms. The third-order valence-corrected chi connectivity index (χ3v) is 3.73. The Labute approximate surface area is 149 Å². The second-order valence-corrected chi connectivity index (χ2v) is 7.25. The fourth-order valence-electron chi connectivity index (χ4n) is 1.99. The molecule has 0 amide bonds. The maximum Gasteiger partial charge on any atom is 0.265 e. The van der Waals surface area contributed by atoms with Crippen LogP contribution in [-0.4, -0.2) is 9.69 Å². The van der Waals surface area contributed by atoms with E-state index in [2.05, 4.69) is 6.07 Å². The Kier molecular flexibility index (Phi) is 5.54. The van der Waals surface area contributed by atoms with Crippen molar-refractivity contribution in [2.24, 2.45) is 0 Å². The van der Waals surface area contributed by atoms with E-state index in [4.69, 9.17) is 50.2 Å². The quantitative estimate of drug-likeness (QED) is 0.453. The zero-order valence-corrected chi connectivity index (χ0v) is 14.5. The van der Waals surface area contributed by atoms with E-state index in [-0.39, 0.29) is 0 Å². The fourth-order valence-corrected chi connectivity index (χ4v) is 2.12. The van der Waals surface area contributed by atoms with Gasteiger partial charge in [-0.05, 0) is 30.2 Å². The minimum Gasteiger partial charge on any atom is -0.465 e. The van der Waals surface area contributed by atoms with E-state index < -0.39 is 15.8 Å². The van der Waals surface area contributed by atoms with Crippen LogP contribution in [0.1, 0.15) is 28.4 Å². The molecule has 2 aromatic carbocycles. The number of nitrogens with one attached hydrogen (secondary N) is 1. The second kappa shape index (κ2) is 7.23. The maximum absolute atomic E-state index is 8.90. The maximum atomic E-state index is 8.90. The first-order valence-corrected chi connectivity index (χ1v) is 7.83. The Morgan fingerprint density at radius 1 is 1.04 bits per heavy atom. The first-order chi connectivity index (χ1) is 10.8. The SMILES string of the molecule is Cc1ccc(C(OC(=N)C(Cl)(Cl)Cl)c2ccc(C#N)cc2)cc1. The monoisotopic (exact) mass is 366 g/mol. The van der Waals surface area contributed by atoms with Crippen LogP contribution >= 0.6 is 34.8 Å². The van der Waals surface area contributed by atoms with Gasteiger partial charge in [0, 0.05) is 0 Å². The number of halogens is 3. The van der Waals surface area contributed by atoms with Gasteiger partial charge < -0.3 is 4.74 Å². The summed E-state index contributed by atoms with van der Waals surface area (Å²) in [5.41, 5.74) is 3.21. The highest BCUT2D eigenvalue weighted by atomic mass is 35.6. The summed E-state index contributed by atoms with van der Waals surface area (Å²) >= 11 is 17.1. The molecular formula is C17H13Cl3N2O. The van der Waals surface area contributed by atoms with Crippen LogP contribution in [-0.2, 0) is 4.74 Å². The Balaban J connectivity index is 2.40. The van der Waals surface area contributed by atoms with Crippen LogP contribution in [0.5, 0.6) is 0 Å². The van der Waals surface area contributed by atoms with Gasteiger partial charge in [0.15, 0.2) is 6.10 Å². The molecule has 0 spiro atoms. The summed E-state index contributed by atoms with van der Waals surface area (Å²) in [6.07, 6.45) is -0.605. The minimum atomic E-state index is -1.93. The molecule has 1 N–H and O–H groups in total. The highest BCUT2D eigenvalue weighted by Gasteiger charge is 2.31. The van der Waals surface area contributed by atoms with Crippen molar-refractivity contribution >= 4 is 40.7 Å². The van der Waals surface area contributed by atoms with Crippen molar-refractivity contribution in [3.05, 3.63) is 70.8 Å². The van der Waals surface area contributed by atoms with Gasteiger partial charge >= 0.3 is 0 Å². The predicted molar refractivity (Wildman–Crippen MR) is 93.3 cm³/mol. The van der Waals surface area contributed by atoms with Crippen LogP contribution in [0.3, 0.4) is 0 Å². The van der Waals surface area contributed by atoms with E-state index in [1.54, 1.807) is 24.3 Å². The Morgan fingerprint density at radius 2 is 1.52 bits per heavy atom. The molecule has 2 aromatic rings. The third-order valence-electron chi connectivity index (χ3n) is 3.22. The van der Waals surface area contributed by atoms with Gasteiger partial charge in [0.2, 0.25) is 5.90 Å². The summed E-state index contributed by atoms with van der Waals surface area (Å²) in [5.74, 6) is -0.461. The zero-order chi connectivity index (χ0) is 17.0. The number of nitriles is 1. The lowest BCUT2D eigenvalue weighted by Crippen LogP contribution is -2.24. The molecule has 3 nitrogen and oxygen atoms in total. The molecule has 0 saturated heterocycles. The summed E-state index contributed by atoms with van der Waals surface area (Å²) in [6, 6.07) is 16.6. The molecule has 23 heavy (non-hydrogen) atoms. The number of aryl methyl sites for hydroxylation is 1. The largest absolute Gasteiger partial charge is 0.465 e. The Morgan fingerprint density at radius 3 is 1.96 bits per heavy atom. The van der Waals surface area contributed by atoms with Crippen LogP contribution in [0, 0.1) is 23.7 Å². The Bertz CT molecular complexity index is 728. The predicted octanol–water partition coefficient (Wildman–Crippen LogP) is 5.32. The zero-order valence-electron chi connectivity index (χ0n) is 12.2. The van der Waals surface area contributed by atoms with Crippen molar-refractivity contribution < 1.29 is 4.74 Å². The van der Waals surface area contributed by atoms with Crippen LogP contribution in [0.15, 0.2) is 48.5 Å². The molecule has 0 aliphatic heterocycles. The molecule has 0 aliphatic carbocycles. The van der Waals surface area contributed by atoms with E-state index >= 15 is 0 Å². The van der Waals surface area contributed by atoms with E-state index in [0.717, 1.165) is 16.7 Å². The first-order valence-electron chi connectivity index (χ1n) is 6.70. The van der Waals surface area contributed by atoms with Gasteiger partial charge in [-0.1, -0.05) is 76.8 Å². The van der Waals surface area contributed by atoms with Gasteiger partial charge in [-0.3, -0.25) is 5.41 Å². The van der Waals surface area contributed by atoms with Crippen molar-refractivity contribution in [1.29, 1.82) is 10.7 Å². The number of nitrogens with zero attached hydrogens (tertiary/aromatic N) is 1. The third kappa shape index (κ3) is 4.62. The number of rotatable bonds is 3. The van der Waals surface area contributed by atoms with Crippen LogP contribution < -0.4 is 0 Å². The molecule has 1 unspecified atom stereocenters. The number of hydrogen-bond donors (Lipinski definition) is 1. The molecule has 0 saturated carbocycles. The highest BCUT2D eigenvalue weighted by Crippen LogP contribution is 2.33. The average Bonchev–Trinajstić information content (AvgIpc) is 2.52. The summed E-state index contributed by atoms with van der Waals surface area (Å²) in [7, 11) is 0. The topological polar surface area (TPSA) is 56.9 Å². The molecular weight excluding hydrogens is 355 g/mol. The molecule has 2 rings (SSSR count). The van der Waals surface area contributed by atoms with Crippen molar-refractivity contribution in [2.45, 2.75) is 16.8 Å². The highest BCUT2D eigenvalue weighted by molar-refractivity contribution is 6.76. The second-order valence-electron chi connectivity index (χ2n) is 4.97. The van der Waals surface area contributed by atoms with Gasteiger partial charge in [-0.15, -0.1) is 0 Å². The number of hydrogen-bond acceptors (Lipinski definition) is 3. The standard InChI is InChI=1S/C17H13Cl3N2O/c1-11-2-6-13(7-3-11)15(23-16(22)17(18,19)20)14-8-4-12(10-21)5-9-14/h2-9,15,22H,1H3. The number of alkyl halides is 3. The lowest BCUT2D eigenvalue weighted by atomic mass is 9.99. The van der Waals surface area contributed by atoms with E-state index in [1.165, 1.54) is 0 Å². The van der Waals surface area contributed by atoms with E-state index in [0.29, 0.717) is 5.56 Å². The lowest BCUT2D eigenvalue weighted by molar-refractivity contribution is 0.226. The van der Waals surface area contributed by atoms with Crippen molar-refractivity contribution in [1.82, 2.24) is 0 Å². The van der Waals surface area contributed by atoms with E-state index in [1.807, 2.05) is 31.2 Å².